The average molecular weight is 482 g/mol. The van der Waals surface area contributed by atoms with Crippen molar-refractivity contribution in [2.75, 3.05) is 6.61 Å². The zero-order chi connectivity index (χ0) is 19.6. The SMILES string of the molecule is CC(C)C[C@@H](COc1cc2c(cc1I)-c1ccncc1C(C)O2)NC(=O)O. The molecule has 2 N–H and O–H groups in total. The number of halogens is 1. The van der Waals surface area contributed by atoms with Gasteiger partial charge in [0.05, 0.1) is 9.61 Å². The Morgan fingerprint density at radius 3 is 2.89 bits per heavy atom. The van der Waals surface area contributed by atoms with Crippen LogP contribution in [0.5, 0.6) is 11.5 Å². The van der Waals surface area contributed by atoms with Gasteiger partial charge >= 0.3 is 6.09 Å². The number of fused-ring (bicyclic) bond motifs is 3. The lowest BCUT2D eigenvalue weighted by atomic mass is 9.95. The minimum Gasteiger partial charge on any atom is -0.490 e. The first-order valence-electron chi connectivity index (χ1n) is 8.92. The van der Waals surface area contributed by atoms with Gasteiger partial charge in [-0.05, 0) is 59.5 Å². The maximum absolute atomic E-state index is 11.0. The number of benzene rings is 1. The molecule has 6 nitrogen and oxygen atoms in total. The molecule has 144 valence electrons. The molecule has 2 atom stereocenters. The Labute approximate surface area is 172 Å². The zero-order valence-electron chi connectivity index (χ0n) is 15.5. The molecule has 1 amide bonds. The molecule has 2 aromatic rings. The Morgan fingerprint density at radius 2 is 2.19 bits per heavy atom. The quantitative estimate of drug-likeness (QED) is 0.575. The van der Waals surface area contributed by atoms with Gasteiger partial charge in [-0.15, -0.1) is 0 Å². The summed E-state index contributed by atoms with van der Waals surface area (Å²) in [4.78, 5) is 15.2. The number of ether oxygens (including phenoxy) is 2. The van der Waals surface area contributed by atoms with Crippen molar-refractivity contribution in [3.05, 3.63) is 39.7 Å². The number of rotatable bonds is 6. The molecule has 0 aliphatic carbocycles. The van der Waals surface area contributed by atoms with Gasteiger partial charge in [0, 0.05) is 29.6 Å². The van der Waals surface area contributed by atoms with Crippen molar-refractivity contribution in [1.82, 2.24) is 10.3 Å². The first-order valence-corrected chi connectivity index (χ1v) is 9.99. The lowest BCUT2D eigenvalue weighted by Crippen LogP contribution is -2.39. The summed E-state index contributed by atoms with van der Waals surface area (Å²) in [7, 11) is 0. The van der Waals surface area contributed by atoms with E-state index >= 15 is 0 Å². The maximum atomic E-state index is 11.0. The summed E-state index contributed by atoms with van der Waals surface area (Å²) < 4.78 is 13.0. The summed E-state index contributed by atoms with van der Waals surface area (Å²) in [5.41, 5.74) is 3.20. The minimum atomic E-state index is -1.04. The molecule has 0 radical (unpaired) electrons. The van der Waals surface area contributed by atoms with Crippen molar-refractivity contribution < 1.29 is 19.4 Å². The van der Waals surface area contributed by atoms with Crippen LogP contribution >= 0.6 is 22.6 Å². The summed E-state index contributed by atoms with van der Waals surface area (Å²) in [6.07, 6.45) is 3.21. The van der Waals surface area contributed by atoms with E-state index in [1.165, 1.54) is 0 Å². The summed E-state index contributed by atoms with van der Waals surface area (Å²) in [5, 5.41) is 11.6. The van der Waals surface area contributed by atoms with Gasteiger partial charge in [-0.1, -0.05) is 13.8 Å². The van der Waals surface area contributed by atoms with Crippen LogP contribution in [0, 0.1) is 9.49 Å². The third kappa shape index (κ3) is 4.63. The molecule has 0 fully saturated rings. The smallest absolute Gasteiger partial charge is 0.404 e. The van der Waals surface area contributed by atoms with Crippen molar-refractivity contribution in [2.45, 2.75) is 39.3 Å². The molecule has 27 heavy (non-hydrogen) atoms. The summed E-state index contributed by atoms with van der Waals surface area (Å²) in [6.45, 7) is 6.38. The molecule has 3 rings (SSSR count). The van der Waals surface area contributed by atoms with E-state index in [1.54, 1.807) is 6.20 Å². The largest absolute Gasteiger partial charge is 0.490 e. The van der Waals surface area contributed by atoms with Gasteiger partial charge in [0.25, 0.3) is 0 Å². The Hall–Kier alpha value is -2.03. The third-order valence-electron chi connectivity index (χ3n) is 4.44. The maximum Gasteiger partial charge on any atom is 0.404 e. The molecular formula is C20H23IN2O4. The van der Waals surface area contributed by atoms with E-state index in [2.05, 4.69) is 46.7 Å². The Balaban J connectivity index is 1.83. The van der Waals surface area contributed by atoms with Crippen LogP contribution < -0.4 is 14.8 Å². The van der Waals surface area contributed by atoms with E-state index in [4.69, 9.17) is 14.6 Å². The standard InChI is InChI=1S/C20H23IN2O4/c1-11(2)6-13(23-20(24)25)10-26-19-8-18-15(7-17(19)21)14-4-5-22-9-16(14)12(3)27-18/h4-5,7-9,11-13,23H,6,10H2,1-3H3,(H,24,25)/t12?,13-/m0/s1. The molecule has 1 aliphatic heterocycles. The number of nitrogens with one attached hydrogen (secondary N) is 1. The monoisotopic (exact) mass is 482 g/mol. The van der Waals surface area contributed by atoms with Crippen molar-refractivity contribution in [2.24, 2.45) is 5.92 Å². The topological polar surface area (TPSA) is 80.7 Å². The average Bonchev–Trinajstić information content (AvgIpc) is 2.60. The second kappa shape index (κ2) is 8.33. The lowest BCUT2D eigenvalue weighted by molar-refractivity contribution is 0.176. The van der Waals surface area contributed by atoms with Crippen molar-refractivity contribution in [3.8, 4) is 22.6 Å². The van der Waals surface area contributed by atoms with Crippen molar-refractivity contribution >= 4 is 28.7 Å². The molecule has 1 aromatic carbocycles. The Bertz CT molecular complexity index is 841. The minimum absolute atomic E-state index is 0.0866. The van der Waals surface area contributed by atoms with Crippen LogP contribution in [0.15, 0.2) is 30.6 Å². The normalized spacial score (nSPS) is 16.1. The fraction of sp³-hybridized carbons (Fsp3) is 0.400. The molecule has 1 aromatic heterocycles. The number of pyridine rings is 1. The number of aromatic nitrogens is 1. The van der Waals surface area contributed by atoms with Crippen LogP contribution in [-0.2, 0) is 0 Å². The van der Waals surface area contributed by atoms with E-state index in [0.717, 1.165) is 26.0 Å². The number of hydrogen-bond acceptors (Lipinski definition) is 4. The van der Waals surface area contributed by atoms with Crippen molar-refractivity contribution in [1.29, 1.82) is 0 Å². The highest BCUT2D eigenvalue weighted by molar-refractivity contribution is 14.1. The number of carbonyl (C=O) groups is 1. The molecule has 7 heteroatoms. The van der Waals surface area contributed by atoms with Crippen LogP contribution in [0.3, 0.4) is 0 Å². The molecule has 0 saturated heterocycles. The predicted molar refractivity (Wildman–Crippen MR) is 111 cm³/mol. The van der Waals surface area contributed by atoms with Gasteiger partial charge in [-0.2, -0.15) is 0 Å². The molecule has 2 heterocycles. The van der Waals surface area contributed by atoms with Crippen LogP contribution in [-0.4, -0.2) is 28.8 Å². The number of amides is 1. The Kier molecular flexibility index (Phi) is 6.08. The van der Waals surface area contributed by atoms with Gasteiger partial charge in [0.1, 0.15) is 24.2 Å². The fourth-order valence-electron chi connectivity index (χ4n) is 3.29. The summed E-state index contributed by atoms with van der Waals surface area (Å²) in [5.74, 6) is 1.82. The summed E-state index contributed by atoms with van der Waals surface area (Å²) >= 11 is 2.24. The second-order valence-corrected chi connectivity index (χ2v) is 8.25. The first kappa shape index (κ1) is 19.7. The number of hydrogen-bond donors (Lipinski definition) is 2. The lowest BCUT2D eigenvalue weighted by Gasteiger charge is -2.27. The van der Waals surface area contributed by atoms with E-state index in [0.29, 0.717) is 18.1 Å². The van der Waals surface area contributed by atoms with E-state index in [-0.39, 0.29) is 18.8 Å². The fourth-order valence-corrected chi connectivity index (χ4v) is 3.91. The van der Waals surface area contributed by atoms with E-state index in [9.17, 15) is 4.79 Å². The van der Waals surface area contributed by atoms with Crippen LogP contribution in [0.4, 0.5) is 4.79 Å². The van der Waals surface area contributed by atoms with Crippen LogP contribution in [0.2, 0.25) is 0 Å². The number of nitrogens with zero attached hydrogens (tertiary/aromatic N) is 1. The van der Waals surface area contributed by atoms with Gasteiger partial charge in [0.2, 0.25) is 0 Å². The number of carboxylic acid groups (broad SMARTS) is 1. The van der Waals surface area contributed by atoms with Gasteiger partial charge in [-0.25, -0.2) is 4.79 Å². The van der Waals surface area contributed by atoms with Crippen molar-refractivity contribution in [3.63, 3.8) is 0 Å². The molecule has 0 spiro atoms. The van der Waals surface area contributed by atoms with E-state index < -0.39 is 6.09 Å². The first-order chi connectivity index (χ1) is 12.8. The Morgan fingerprint density at radius 1 is 1.41 bits per heavy atom. The second-order valence-electron chi connectivity index (χ2n) is 7.09. The molecule has 0 saturated carbocycles. The van der Waals surface area contributed by atoms with Crippen LogP contribution in [0.25, 0.3) is 11.1 Å². The highest BCUT2D eigenvalue weighted by Crippen LogP contribution is 2.44. The van der Waals surface area contributed by atoms with Gasteiger partial charge in [0.15, 0.2) is 0 Å². The predicted octanol–water partition coefficient (Wildman–Crippen LogP) is 4.87. The third-order valence-corrected chi connectivity index (χ3v) is 5.28. The molecule has 0 bridgehead atoms. The molecular weight excluding hydrogens is 459 g/mol. The summed E-state index contributed by atoms with van der Waals surface area (Å²) in [6, 6.07) is 5.67. The van der Waals surface area contributed by atoms with Gasteiger partial charge in [-0.3, -0.25) is 4.98 Å². The molecule has 1 aliphatic rings. The van der Waals surface area contributed by atoms with E-state index in [1.807, 2.05) is 31.3 Å². The highest BCUT2D eigenvalue weighted by Gasteiger charge is 2.25. The molecule has 1 unspecified atom stereocenters. The highest BCUT2D eigenvalue weighted by atomic mass is 127. The van der Waals surface area contributed by atoms with Crippen LogP contribution in [0.1, 0.15) is 38.9 Å². The van der Waals surface area contributed by atoms with Gasteiger partial charge < -0.3 is 19.9 Å². The zero-order valence-corrected chi connectivity index (χ0v) is 17.7.